The zero-order valence-corrected chi connectivity index (χ0v) is 15.8. The van der Waals surface area contributed by atoms with Crippen LogP contribution in [0, 0.1) is 5.92 Å². The quantitative estimate of drug-likeness (QED) is 0.780. The fourth-order valence-corrected chi connectivity index (χ4v) is 2.76. The first-order valence-electron chi connectivity index (χ1n) is 8.39. The fourth-order valence-electron chi connectivity index (χ4n) is 2.54. The van der Waals surface area contributed by atoms with Crippen LogP contribution >= 0.6 is 11.6 Å². The van der Waals surface area contributed by atoms with E-state index < -0.39 is 6.04 Å². The standard InChI is InChI=1S/C20H23ClN2O3/c1-13(2)18(23-19(24)15-9-5-6-10-16(15)21)20(25)22-12-14-8-4-7-11-17(14)26-3/h4-11,13,18H,12H2,1-3H3,(H,22,25)(H,23,24). The summed E-state index contributed by atoms with van der Waals surface area (Å²) < 4.78 is 5.29. The van der Waals surface area contributed by atoms with E-state index in [0.29, 0.717) is 22.9 Å². The van der Waals surface area contributed by atoms with E-state index in [0.717, 1.165) is 5.56 Å². The van der Waals surface area contributed by atoms with Crippen molar-refractivity contribution in [2.24, 2.45) is 5.92 Å². The van der Waals surface area contributed by atoms with Crippen molar-refractivity contribution < 1.29 is 14.3 Å². The molecule has 2 amide bonds. The summed E-state index contributed by atoms with van der Waals surface area (Å²) in [6, 6.07) is 13.5. The molecule has 0 aromatic heterocycles. The molecule has 6 heteroatoms. The van der Waals surface area contributed by atoms with Crippen LogP contribution < -0.4 is 15.4 Å². The van der Waals surface area contributed by atoms with Crippen molar-refractivity contribution in [3.63, 3.8) is 0 Å². The first kappa shape index (κ1) is 19.8. The average molecular weight is 375 g/mol. The minimum absolute atomic E-state index is 0.0842. The Morgan fingerprint density at radius 2 is 1.73 bits per heavy atom. The van der Waals surface area contributed by atoms with Crippen LogP contribution in [-0.2, 0) is 11.3 Å². The van der Waals surface area contributed by atoms with E-state index in [1.54, 1.807) is 31.4 Å². The van der Waals surface area contributed by atoms with Crippen molar-refractivity contribution in [3.8, 4) is 5.75 Å². The Morgan fingerprint density at radius 3 is 2.38 bits per heavy atom. The Morgan fingerprint density at radius 1 is 1.08 bits per heavy atom. The summed E-state index contributed by atoms with van der Waals surface area (Å²) in [4.78, 5) is 25.1. The second-order valence-corrected chi connectivity index (χ2v) is 6.61. The van der Waals surface area contributed by atoms with Crippen molar-refractivity contribution in [1.29, 1.82) is 0 Å². The third-order valence-electron chi connectivity index (χ3n) is 4.00. The molecule has 1 atom stereocenters. The molecule has 0 aliphatic heterocycles. The van der Waals surface area contributed by atoms with Crippen LogP contribution in [-0.4, -0.2) is 25.0 Å². The van der Waals surface area contributed by atoms with E-state index in [9.17, 15) is 9.59 Å². The van der Waals surface area contributed by atoms with Gasteiger partial charge in [0.2, 0.25) is 5.91 Å². The number of carbonyl (C=O) groups excluding carboxylic acids is 2. The Hall–Kier alpha value is -2.53. The number of carbonyl (C=O) groups is 2. The summed E-state index contributed by atoms with van der Waals surface area (Å²) in [5.74, 6) is -0.0128. The molecule has 5 nitrogen and oxygen atoms in total. The number of halogens is 1. The van der Waals surface area contributed by atoms with Crippen LogP contribution in [0.1, 0.15) is 29.8 Å². The molecule has 2 aromatic rings. The molecule has 0 fully saturated rings. The Kier molecular flexibility index (Phi) is 7.04. The van der Waals surface area contributed by atoms with E-state index in [1.807, 2.05) is 38.1 Å². The summed E-state index contributed by atoms with van der Waals surface area (Å²) >= 11 is 6.06. The second kappa shape index (κ2) is 9.25. The van der Waals surface area contributed by atoms with Gasteiger partial charge in [-0.05, 0) is 24.1 Å². The molecule has 0 aliphatic carbocycles. The highest BCUT2D eigenvalue weighted by molar-refractivity contribution is 6.33. The van der Waals surface area contributed by atoms with Crippen molar-refractivity contribution >= 4 is 23.4 Å². The number of hydrogen-bond acceptors (Lipinski definition) is 3. The number of ether oxygens (including phenoxy) is 1. The van der Waals surface area contributed by atoms with Crippen LogP contribution in [0.15, 0.2) is 48.5 Å². The lowest BCUT2D eigenvalue weighted by Gasteiger charge is -2.22. The fraction of sp³-hybridized carbons (Fsp3) is 0.300. The van der Waals surface area contributed by atoms with Gasteiger partial charge < -0.3 is 15.4 Å². The molecule has 2 N–H and O–H groups in total. The SMILES string of the molecule is COc1ccccc1CNC(=O)C(NC(=O)c1ccccc1Cl)C(C)C. The zero-order chi connectivity index (χ0) is 19.1. The molecule has 0 spiro atoms. The molecule has 26 heavy (non-hydrogen) atoms. The van der Waals surface area contributed by atoms with Gasteiger partial charge >= 0.3 is 0 Å². The summed E-state index contributed by atoms with van der Waals surface area (Å²) in [6.45, 7) is 4.06. The number of amides is 2. The van der Waals surface area contributed by atoms with E-state index in [-0.39, 0.29) is 17.7 Å². The van der Waals surface area contributed by atoms with E-state index in [4.69, 9.17) is 16.3 Å². The number of methoxy groups -OCH3 is 1. The molecule has 1 unspecified atom stereocenters. The average Bonchev–Trinajstić information content (AvgIpc) is 2.64. The molecule has 0 saturated heterocycles. The van der Waals surface area contributed by atoms with Crippen LogP contribution in [0.3, 0.4) is 0 Å². The van der Waals surface area contributed by atoms with Gasteiger partial charge in [0.05, 0.1) is 17.7 Å². The third kappa shape index (κ3) is 4.99. The summed E-state index contributed by atoms with van der Waals surface area (Å²) in [6.07, 6.45) is 0. The number of rotatable bonds is 7. The van der Waals surface area contributed by atoms with Gasteiger partial charge in [-0.2, -0.15) is 0 Å². The molecular formula is C20H23ClN2O3. The van der Waals surface area contributed by atoms with Crippen LogP contribution in [0.5, 0.6) is 5.75 Å². The number of hydrogen-bond donors (Lipinski definition) is 2. The van der Waals surface area contributed by atoms with Gasteiger partial charge in [-0.25, -0.2) is 0 Å². The maximum absolute atomic E-state index is 12.6. The topological polar surface area (TPSA) is 67.4 Å². The Balaban J connectivity index is 2.05. The lowest BCUT2D eigenvalue weighted by molar-refractivity contribution is -0.124. The molecule has 2 rings (SSSR count). The number of benzene rings is 2. The monoisotopic (exact) mass is 374 g/mol. The summed E-state index contributed by atoms with van der Waals surface area (Å²) in [7, 11) is 1.58. The smallest absolute Gasteiger partial charge is 0.253 e. The van der Waals surface area contributed by atoms with Gasteiger partial charge in [0.25, 0.3) is 5.91 Å². The lowest BCUT2D eigenvalue weighted by atomic mass is 10.0. The minimum atomic E-state index is -0.673. The zero-order valence-electron chi connectivity index (χ0n) is 15.1. The number of para-hydroxylation sites is 1. The molecule has 138 valence electrons. The summed E-state index contributed by atoms with van der Waals surface area (Å²) in [5.41, 5.74) is 1.21. The van der Waals surface area contributed by atoms with Gasteiger partial charge in [-0.3, -0.25) is 9.59 Å². The maximum Gasteiger partial charge on any atom is 0.253 e. The first-order chi connectivity index (χ1) is 12.4. The normalized spacial score (nSPS) is 11.7. The van der Waals surface area contributed by atoms with Crippen molar-refractivity contribution in [1.82, 2.24) is 10.6 Å². The van der Waals surface area contributed by atoms with Gasteiger partial charge in [-0.15, -0.1) is 0 Å². The predicted molar refractivity (Wildman–Crippen MR) is 102 cm³/mol. The highest BCUT2D eigenvalue weighted by atomic mass is 35.5. The second-order valence-electron chi connectivity index (χ2n) is 6.20. The van der Waals surface area contributed by atoms with Gasteiger partial charge in [0.1, 0.15) is 11.8 Å². The third-order valence-corrected chi connectivity index (χ3v) is 4.33. The molecule has 0 saturated carbocycles. The highest BCUT2D eigenvalue weighted by Crippen LogP contribution is 2.18. The van der Waals surface area contributed by atoms with Crippen molar-refractivity contribution in [2.45, 2.75) is 26.4 Å². The number of nitrogens with one attached hydrogen (secondary N) is 2. The predicted octanol–water partition coefficient (Wildman–Crippen LogP) is 3.42. The largest absolute Gasteiger partial charge is 0.496 e. The molecule has 0 aliphatic rings. The Bertz CT molecular complexity index is 777. The molecule has 0 heterocycles. The molecule has 2 aromatic carbocycles. The van der Waals surface area contributed by atoms with Crippen LogP contribution in [0.2, 0.25) is 5.02 Å². The van der Waals surface area contributed by atoms with Gasteiger partial charge in [0.15, 0.2) is 0 Å². The van der Waals surface area contributed by atoms with Gasteiger partial charge in [0, 0.05) is 12.1 Å². The molecular weight excluding hydrogens is 352 g/mol. The molecule has 0 radical (unpaired) electrons. The van der Waals surface area contributed by atoms with Crippen molar-refractivity contribution in [3.05, 3.63) is 64.7 Å². The van der Waals surface area contributed by atoms with E-state index >= 15 is 0 Å². The summed E-state index contributed by atoms with van der Waals surface area (Å²) in [5, 5.41) is 5.98. The highest BCUT2D eigenvalue weighted by Gasteiger charge is 2.25. The first-order valence-corrected chi connectivity index (χ1v) is 8.76. The van der Waals surface area contributed by atoms with Crippen molar-refractivity contribution in [2.75, 3.05) is 7.11 Å². The van der Waals surface area contributed by atoms with Crippen LogP contribution in [0.25, 0.3) is 0 Å². The minimum Gasteiger partial charge on any atom is -0.496 e. The van der Waals surface area contributed by atoms with Crippen LogP contribution in [0.4, 0.5) is 0 Å². The maximum atomic E-state index is 12.6. The Labute approximate surface area is 158 Å². The lowest BCUT2D eigenvalue weighted by Crippen LogP contribution is -2.49. The van der Waals surface area contributed by atoms with E-state index in [1.165, 1.54) is 0 Å². The molecule has 0 bridgehead atoms. The van der Waals surface area contributed by atoms with Gasteiger partial charge in [-0.1, -0.05) is 55.8 Å². The van der Waals surface area contributed by atoms with E-state index in [2.05, 4.69) is 10.6 Å².